The van der Waals surface area contributed by atoms with E-state index < -0.39 is 0 Å². The van der Waals surface area contributed by atoms with Gasteiger partial charge in [-0.25, -0.2) is 14.4 Å². The maximum atomic E-state index is 13.5. The first kappa shape index (κ1) is 32.0. The van der Waals surface area contributed by atoms with Crippen LogP contribution in [0, 0.1) is 5.82 Å². The number of anilines is 4. The molecule has 2 aromatic heterocycles. The zero-order chi connectivity index (χ0) is 32.8. The third-order valence-electron chi connectivity index (χ3n) is 7.51. The number of carbonyl (C=O) groups excluding carboxylic acids is 1. The van der Waals surface area contributed by atoms with Crippen LogP contribution in [-0.2, 0) is 17.8 Å². The second kappa shape index (κ2) is 14.6. The summed E-state index contributed by atoms with van der Waals surface area (Å²) in [5.41, 5.74) is 5.25. The zero-order valence-electron chi connectivity index (χ0n) is 25.9. The first-order valence-corrected chi connectivity index (χ1v) is 16.4. The Labute approximate surface area is 281 Å². The number of allylic oxidation sites excluding steroid dienone is 1. The van der Waals surface area contributed by atoms with Gasteiger partial charge in [-0.05, 0) is 91.1 Å². The van der Waals surface area contributed by atoms with Gasteiger partial charge in [-0.15, -0.1) is 11.3 Å². The highest BCUT2D eigenvalue weighted by Crippen LogP contribution is 2.41. The van der Waals surface area contributed by atoms with Crippen LogP contribution in [0.15, 0.2) is 83.9 Å². The Kier molecular flexibility index (Phi) is 9.94. The first-order valence-electron chi connectivity index (χ1n) is 15.2. The van der Waals surface area contributed by atoms with Crippen LogP contribution in [0.3, 0.4) is 0 Å². The van der Waals surface area contributed by atoms with Crippen molar-refractivity contribution >= 4 is 74.2 Å². The molecule has 1 amide bonds. The van der Waals surface area contributed by atoms with E-state index in [-0.39, 0.29) is 24.9 Å². The van der Waals surface area contributed by atoms with Gasteiger partial charge in [0.2, 0.25) is 5.91 Å². The number of hydrogen-bond acceptors (Lipinski definition) is 9. The number of fused-ring (bicyclic) bond motifs is 3. The lowest BCUT2D eigenvalue weighted by molar-refractivity contribution is -0.116. The number of thiophene rings is 1. The van der Waals surface area contributed by atoms with Gasteiger partial charge >= 0.3 is 0 Å². The van der Waals surface area contributed by atoms with Crippen molar-refractivity contribution in [2.45, 2.75) is 32.8 Å². The molecule has 0 bridgehead atoms. The topological polar surface area (TPSA) is 104 Å². The molecule has 1 aliphatic rings. The second-order valence-corrected chi connectivity index (χ2v) is 12.2. The number of nitrogens with one attached hydrogen (secondary N) is 3. The third kappa shape index (κ3) is 7.70. The lowest BCUT2D eigenvalue weighted by Crippen LogP contribution is -2.30. The normalized spacial score (nSPS) is 12.5. The minimum atomic E-state index is -0.313. The van der Waals surface area contributed by atoms with Crippen LogP contribution in [0.4, 0.5) is 27.3 Å². The molecule has 0 atom stereocenters. The van der Waals surface area contributed by atoms with Crippen molar-refractivity contribution in [1.29, 1.82) is 0 Å². The summed E-state index contributed by atoms with van der Waals surface area (Å²) in [4.78, 5) is 24.1. The Hall–Kier alpha value is -5.00. The number of ether oxygens (including phenoxy) is 1. The molecule has 9 nitrogen and oxygen atoms in total. The van der Waals surface area contributed by atoms with E-state index in [1.807, 2.05) is 50.5 Å². The number of halogens is 2. The Morgan fingerprint density at radius 1 is 1.09 bits per heavy atom. The highest BCUT2D eigenvalue weighted by molar-refractivity contribution is 7.19. The van der Waals surface area contributed by atoms with Gasteiger partial charge in [-0.1, -0.05) is 30.7 Å². The van der Waals surface area contributed by atoms with Crippen molar-refractivity contribution in [3.8, 4) is 5.75 Å². The minimum Gasteiger partial charge on any atom is -0.487 e. The summed E-state index contributed by atoms with van der Waals surface area (Å²) < 4.78 is 19.4. The van der Waals surface area contributed by atoms with Gasteiger partial charge in [0.25, 0.3) is 0 Å². The fourth-order valence-electron chi connectivity index (χ4n) is 5.22. The van der Waals surface area contributed by atoms with Crippen molar-refractivity contribution in [2.75, 3.05) is 29.5 Å². The molecule has 6 rings (SSSR count). The number of amides is 1. The Morgan fingerprint density at radius 2 is 1.89 bits per heavy atom. The van der Waals surface area contributed by atoms with Gasteiger partial charge in [-0.2, -0.15) is 5.10 Å². The van der Waals surface area contributed by atoms with Crippen LogP contribution >= 0.6 is 22.9 Å². The molecule has 0 saturated heterocycles. The Morgan fingerprint density at radius 3 is 2.66 bits per heavy atom. The van der Waals surface area contributed by atoms with E-state index in [4.69, 9.17) is 16.3 Å². The fraction of sp³-hybridized carbons (Fsp3) is 0.200. The van der Waals surface area contributed by atoms with E-state index in [0.717, 1.165) is 56.3 Å². The Balaban J connectivity index is 1.19. The molecule has 5 aromatic rings. The summed E-state index contributed by atoms with van der Waals surface area (Å²) in [5.74, 6) is 0.710. The number of aromatic nitrogens is 2. The lowest BCUT2D eigenvalue weighted by Gasteiger charge is -2.24. The van der Waals surface area contributed by atoms with E-state index in [0.29, 0.717) is 28.6 Å². The van der Waals surface area contributed by atoms with Crippen molar-refractivity contribution in [1.82, 2.24) is 15.0 Å². The van der Waals surface area contributed by atoms with Crippen molar-refractivity contribution in [2.24, 2.45) is 5.10 Å². The fourth-order valence-corrected chi connectivity index (χ4v) is 6.61. The van der Waals surface area contributed by atoms with Crippen LogP contribution in [0.1, 0.15) is 35.8 Å². The highest BCUT2D eigenvalue weighted by Gasteiger charge is 2.24. The molecule has 3 N–H and O–H groups in total. The van der Waals surface area contributed by atoms with Gasteiger partial charge in [0.15, 0.2) is 0 Å². The molecule has 0 aliphatic heterocycles. The highest BCUT2D eigenvalue weighted by atomic mass is 35.5. The van der Waals surface area contributed by atoms with Crippen molar-refractivity contribution in [3.63, 3.8) is 0 Å². The molecule has 0 radical (unpaired) electrons. The molecule has 2 heterocycles. The minimum absolute atomic E-state index is 0.0889. The van der Waals surface area contributed by atoms with Crippen molar-refractivity contribution < 1.29 is 13.9 Å². The largest absolute Gasteiger partial charge is 0.487 e. The van der Waals surface area contributed by atoms with Crippen LogP contribution < -0.4 is 20.7 Å². The predicted molar refractivity (Wildman–Crippen MR) is 189 cm³/mol. The van der Waals surface area contributed by atoms with Crippen molar-refractivity contribution in [3.05, 3.63) is 106 Å². The molecular formula is C35H33ClFN7O2S. The third-order valence-corrected chi connectivity index (χ3v) is 8.89. The van der Waals surface area contributed by atoms with E-state index in [1.165, 1.54) is 12.1 Å². The number of rotatable bonds is 12. The number of hydrogen-bond donors (Lipinski definition) is 3. The van der Waals surface area contributed by atoms with Gasteiger partial charge in [0.05, 0.1) is 10.4 Å². The summed E-state index contributed by atoms with van der Waals surface area (Å²) >= 11 is 8.14. The average Bonchev–Trinajstić information content (AvgIpc) is 3.45. The van der Waals surface area contributed by atoms with Gasteiger partial charge in [0, 0.05) is 40.9 Å². The summed E-state index contributed by atoms with van der Waals surface area (Å²) in [6.45, 7) is 2.30. The van der Waals surface area contributed by atoms with Crippen LogP contribution in [0.2, 0.25) is 5.02 Å². The smallest absolute Gasteiger partial charge is 0.246 e. The summed E-state index contributed by atoms with van der Waals surface area (Å²) in [6.07, 6.45) is 7.63. The second-order valence-electron chi connectivity index (χ2n) is 10.8. The monoisotopic (exact) mass is 669 g/mol. The van der Waals surface area contributed by atoms with E-state index in [9.17, 15) is 9.18 Å². The van der Waals surface area contributed by atoms with E-state index in [2.05, 4.69) is 37.1 Å². The average molecular weight is 670 g/mol. The number of nitrogens with zero attached hydrogens (tertiary/aromatic N) is 4. The molecular weight excluding hydrogens is 637 g/mol. The quantitative estimate of drug-likeness (QED) is 0.0904. The SMILES string of the molecule is CC/C=N\N(CC(=O)Nc1ccc(NC)cc1)C1=Cc2sc3ncnc(Nc4ccc(OCc5cccc(F)c5)c(Cl)c4)c3c2CC1. The maximum Gasteiger partial charge on any atom is 0.246 e. The molecule has 0 saturated carbocycles. The maximum absolute atomic E-state index is 13.5. The van der Waals surface area contributed by atoms with E-state index >= 15 is 0 Å². The van der Waals surface area contributed by atoms with E-state index in [1.54, 1.807) is 46.9 Å². The lowest BCUT2D eigenvalue weighted by atomic mass is 9.99. The zero-order valence-corrected chi connectivity index (χ0v) is 27.5. The number of aryl methyl sites for hydroxylation is 1. The summed E-state index contributed by atoms with van der Waals surface area (Å²) in [6, 6.07) is 19.2. The van der Waals surface area contributed by atoms with Crippen LogP contribution in [-0.4, -0.2) is 40.7 Å². The van der Waals surface area contributed by atoms with Gasteiger partial charge in [-0.3, -0.25) is 9.80 Å². The number of benzene rings is 3. The molecule has 0 fully saturated rings. The Bertz CT molecular complexity index is 1960. The molecule has 47 heavy (non-hydrogen) atoms. The summed E-state index contributed by atoms with van der Waals surface area (Å²) in [7, 11) is 1.85. The molecule has 12 heteroatoms. The summed E-state index contributed by atoms with van der Waals surface area (Å²) in [5, 5.41) is 17.2. The van der Waals surface area contributed by atoms with Gasteiger partial charge in [0.1, 0.15) is 41.7 Å². The molecule has 0 spiro atoms. The molecule has 240 valence electrons. The molecule has 3 aromatic carbocycles. The number of carbonyl (C=O) groups is 1. The van der Waals surface area contributed by atoms with Crippen LogP contribution in [0.25, 0.3) is 16.3 Å². The first-order chi connectivity index (χ1) is 22.9. The molecule has 0 unspecified atom stereocenters. The van der Waals surface area contributed by atoms with Gasteiger partial charge < -0.3 is 20.7 Å². The molecule has 1 aliphatic carbocycles. The predicted octanol–water partition coefficient (Wildman–Crippen LogP) is 8.47. The standard InChI is InChI=1S/C35H33ClFN7O2S/c1-3-15-41-44(19-32(45)42-25-9-7-24(38-2)8-10-25)27-12-13-28-31(18-27)47-35-33(28)34(39-21-40-35)43-26-11-14-30(29(36)17-26)46-20-22-5-4-6-23(37)16-22/h4-11,14-18,21,38H,3,12-13,19-20H2,1-2H3,(H,42,45)(H,39,40,43)/b41-15-. The van der Waals surface area contributed by atoms with Crippen LogP contribution in [0.5, 0.6) is 5.75 Å². The number of hydrazone groups is 1.